The number of ether oxygens (including phenoxy) is 2. The Balaban J connectivity index is 1.23. The van der Waals surface area contributed by atoms with E-state index in [2.05, 4.69) is 10.1 Å². The van der Waals surface area contributed by atoms with Crippen LogP contribution in [-0.2, 0) is 16.1 Å². The van der Waals surface area contributed by atoms with Crippen LogP contribution in [0.2, 0.25) is 5.02 Å². The Bertz CT molecular complexity index is 973. The summed E-state index contributed by atoms with van der Waals surface area (Å²) in [5, 5.41) is 4.50. The van der Waals surface area contributed by atoms with Gasteiger partial charge in [-0.15, -0.1) is 23.5 Å². The summed E-state index contributed by atoms with van der Waals surface area (Å²) in [7, 11) is 0. The predicted molar refractivity (Wildman–Crippen MR) is 119 cm³/mol. The molecular formula is C21H19ClN2O4S2. The van der Waals surface area contributed by atoms with E-state index in [1.807, 2.05) is 47.8 Å². The fourth-order valence-corrected chi connectivity index (χ4v) is 5.78. The fraction of sp³-hybridized carbons (Fsp3) is 0.286. The molecule has 1 saturated heterocycles. The Kier molecular flexibility index (Phi) is 7.20. The Hall–Kier alpha value is -2.16. The van der Waals surface area contributed by atoms with Gasteiger partial charge in [0.15, 0.2) is 13.2 Å². The Labute approximate surface area is 187 Å². The normalized spacial score (nSPS) is 14.4. The first-order valence-corrected chi connectivity index (χ1v) is 11.8. The van der Waals surface area contributed by atoms with Crippen molar-refractivity contribution in [3.63, 3.8) is 0 Å². The highest BCUT2D eigenvalue weighted by Gasteiger charge is 2.16. The van der Waals surface area contributed by atoms with Gasteiger partial charge in [-0.05, 0) is 59.9 Å². The minimum Gasteiger partial charge on any atom is -0.482 e. The minimum atomic E-state index is -0.510. The average molecular weight is 463 g/mol. The second-order valence-electron chi connectivity index (χ2n) is 6.46. The number of esters is 1. The second kappa shape index (κ2) is 10.2. The molecule has 4 rings (SSSR count). The van der Waals surface area contributed by atoms with Gasteiger partial charge in [-0.3, -0.25) is 0 Å². The van der Waals surface area contributed by atoms with Gasteiger partial charge in [0.25, 0.3) is 5.89 Å². The molecule has 0 radical (unpaired) electrons. The molecule has 0 atom stereocenters. The second-order valence-corrected chi connectivity index (χ2v) is 9.62. The molecule has 0 spiro atoms. The van der Waals surface area contributed by atoms with Crippen molar-refractivity contribution in [2.24, 2.45) is 0 Å². The molecular weight excluding hydrogens is 444 g/mol. The number of benzene rings is 2. The van der Waals surface area contributed by atoms with Gasteiger partial charge in [0.1, 0.15) is 5.75 Å². The fourth-order valence-electron chi connectivity index (χ4n) is 2.76. The standard InChI is InChI=1S/C21H19ClN2O4S2/c22-16-6-2-14(3-7-16)20-23-18(28-24-20)12-27-19(25)13-26-17-8-4-15(5-9-17)21-29-10-1-11-30-21/h2-9,21H,1,10-13H2. The molecule has 2 aromatic carbocycles. The highest BCUT2D eigenvalue weighted by Crippen LogP contribution is 2.43. The van der Waals surface area contributed by atoms with E-state index >= 15 is 0 Å². The number of aromatic nitrogens is 2. The molecule has 156 valence electrons. The van der Waals surface area contributed by atoms with Crippen LogP contribution < -0.4 is 4.74 Å². The van der Waals surface area contributed by atoms with Crippen molar-refractivity contribution in [3.05, 3.63) is 65.0 Å². The SMILES string of the molecule is O=C(COc1ccc(C2SCCCS2)cc1)OCc1nc(-c2ccc(Cl)cc2)no1. The zero-order valence-corrected chi connectivity index (χ0v) is 18.3. The lowest BCUT2D eigenvalue weighted by atomic mass is 10.2. The minimum absolute atomic E-state index is 0.113. The maximum absolute atomic E-state index is 12.0. The van der Waals surface area contributed by atoms with Crippen molar-refractivity contribution >= 4 is 41.1 Å². The molecule has 3 aromatic rings. The van der Waals surface area contributed by atoms with Gasteiger partial charge in [0.2, 0.25) is 5.82 Å². The van der Waals surface area contributed by atoms with Crippen LogP contribution in [0, 0.1) is 0 Å². The zero-order chi connectivity index (χ0) is 20.8. The number of carbonyl (C=O) groups excluding carboxylic acids is 1. The molecule has 0 N–H and O–H groups in total. The van der Waals surface area contributed by atoms with Gasteiger partial charge in [-0.25, -0.2) is 4.79 Å². The Morgan fingerprint density at radius 1 is 1.10 bits per heavy atom. The molecule has 0 bridgehead atoms. The summed E-state index contributed by atoms with van der Waals surface area (Å²) in [5.74, 6) is 3.13. The number of hydrogen-bond donors (Lipinski definition) is 0. The first-order valence-electron chi connectivity index (χ1n) is 9.37. The predicted octanol–water partition coefficient (Wildman–Crippen LogP) is 5.38. The third-order valence-corrected chi connectivity index (χ3v) is 7.53. The van der Waals surface area contributed by atoms with Gasteiger partial charge in [0.05, 0.1) is 4.58 Å². The molecule has 0 unspecified atom stereocenters. The monoisotopic (exact) mass is 462 g/mol. The summed E-state index contributed by atoms with van der Waals surface area (Å²) in [5.41, 5.74) is 2.03. The topological polar surface area (TPSA) is 74.5 Å². The molecule has 0 aliphatic carbocycles. The number of carbonyl (C=O) groups is 1. The molecule has 1 aromatic heterocycles. The molecule has 6 nitrogen and oxygen atoms in total. The molecule has 0 amide bonds. The number of nitrogens with zero attached hydrogens (tertiary/aromatic N) is 2. The van der Waals surface area contributed by atoms with Crippen molar-refractivity contribution in [2.45, 2.75) is 17.6 Å². The van der Waals surface area contributed by atoms with E-state index in [0.29, 0.717) is 21.2 Å². The smallest absolute Gasteiger partial charge is 0.344 e. The van der Waals surface area contributed by atoms with E-state index in [4.69, 9.17) is 25.6 Å². The van der Waals surface area contributed by atoms with Gasteiger partial charge in [-0.1, -0.05) is 28.9 Å². The molecule has 1 aliphatic heterocycles. The molecule has 30 heavy (non-hydrogen) atoms. The Morgan fingerprint density at radius 2 is 1.83 bits per heavy atom. The first kappa shape index (κ1) is 21.1. The van der Waals surface area contributed by atoms with Crippen molar-refractivity contribution in [3.8, 4) is 17.1 Å². The first-order chi connectivity index (χ1) is 14.7. The summed E-state index contributed by atoms with van der Waals surface area (Å²) < 4.78 is 16.3. The highest BCUT2D eigenvalue weighted by atomic mass is 35.5. The summed E-state index contributed by atoms with van der Waals surface area (Å²) in [6, 6.07) is 14.9. The number of halogens is 1. The molecule has 1 aliphatic rings. The van der Waals surface area contributed by atoms with Gasteiger partial charge >= 0.3 is 5.97 Å². The van der Waals surface area contributed by atoms with Crippen LogP contribution in [0.3, 0.4) is 0 Å². The quantitative estimate of drug-likeness (QED) is 0.433. The van der Waals surface area contributed by atoms with Gasteiger partial charge in [0, 0.05) is 10.6 Å². The summed E-state index contributed by atoms with van der Waals surface area (Å²) in [4.78, 5) is 16.2. The van der Waals surface area contributed by atoms with Crippen LogP contribution in [0.1, 0.15) is 22.5 Å². The maximum atomic E-state index is 12.0. The van der Waals surface area contributed by atoms with E-state index in [9.17, 15) is 4.79 Å². The van der Waals surface area contributed by atoms with Crippen molar-refractivity contribution < 1.29 is 18.8 Å². The molecule has 2 heterocycles. The molecule has 0 saturated carbocycles. The lowest BCUT2D eigenvalue weighted by molar-refractivity contribution is -0.148. The number of hydrogen-bond acceptors (Lipinski definition) is 8. The third kappa shape index (κ3) is 5.71. The van der Waals surface area contributed by atoms with Crippen LogP contribution in [0.4, 0.5) is 0 Å². The van der Waals surface area contributed by atoms with Crippen molar-refractivity contribution in [1.82, 2.24) is 10.1 Å². The van der Waals surface area contributed by atoms with Crippen LogP contribution in [0.25, 0.3) is 11.4 Å². The summed E-state index contributed by atoms with van der Waals surface area (Å²) >= 11 is 9.81. The number of thioether (sulfide) groups is 2. The highest BCUT2D eigenvalue weighted by molar-refractivity contribution is 8.16. The summed E-state index contributed by atoms with van der Waals surface area (Å²) in [6.07, 6.45) is 1.27. The van der Waals surface area contributed by atoms with Crippen LogP contribution >= 0.6 is 35.1 Å². The molecule has 1 fully saturated rings. The largest absolute Gasteiger partial charge is 0.482 e. The van der Waals surface area contributed by atoms with Crippen molar-refractivity contribution in [1.29, 1.82) is 0 Å². The number of rotatable bonds is 7. The van der Waals surface area contributed by atoms with E-state index in [0.717, 1.165) is 5.56 Å². The van der Waals surface area contributed by atoms with E-state index < -0.39 is 5.97 Å². The zero-order valence-electron chi connectivity index (χ0n) is 16.0. The summed E-state index contributed by atoms with van der Waals surface area (Å²) in [6.45, 7) is -0.303. The van der Waals surface area contributed by atoms with E-state index in [1.54, 1.807) is 24.3 Å². The Morgan fingerprint density at radius 3 is 2.57 bits per heavy atom. The van der Waals surface area contributed by atoms with E-state index in [-0.39, 0.29) is 19.1 Å². The van der Waals surface area contributed by atoms with Gasteiger partial charge in [-0.2, -0.15) is 4.98 Å². The average Bonchev–Trinajstić information content (AvgIpc) is 3.27. The van der Waals surface area contributed by atoms with E-state index in [1.165, 1.54) is 23.5 Å². The van der Waals surface area contributed by atoms with Crippen LogP contribution in [-0.4, -0.2) is 34.2 Å². The maximum Gasteiger partial charge on any atom is 0.344 e. The van der Waals surface area contributed by atoms with Crippen LogP contribution in [0.15, 0.2) is 53.1 Å². The lowest BCUT2D eigenvalue weighted by Gasteiger charge is -2.21. The van der Waals surface area contributed by atoms with Crippen molar-refractivity contribution in [2.75, 3.05) is 18.1 Å². The van der Waals surface area contributed by atoms with Gasteiger partial charge < -0.3 is 14.0 Å². The molecule has 9 heteroatoms. The third-order valence-electron chi connectivity index (χ3n) is 4.26. The van der Waals surface area contributed by atoms with Crippen LogP contribution in [0.5, 0.6) is 5.75 Å². The lowest BCUT2D eigenvalue weighted by Crippen LogP contribution is -2.14.